The first-order valence-electron chi connectivity index (χ1n) is 6.78. The van der Waals surface area contributed by atoms with E-state index in [4.69, 9.17) is 4.74 Å². The first-order chi connectivity index (χ1) is 10.7. The van der Waals surface area contributed by atoms with Crippen LogP contribution >= 0.6 is 0 Å². The third-order valence-corrected chi connectivity index (χ3v) is 3.05. The highest BCUT2D eigenvalue weighted by Crippen LogP contribution is 2.04. The molecule has 0 aliphatic heterocycles. The van der Waals surface area contributed by atoms with Crippen molar-refractivity contribution in [1.82, 2.24) is 15.8 Å². The van der Waals surface area contributed by atoms with E-state index in [9.17, 15) is 9.59 Å². The molecule has 2 N–H and O–H groups in total. The van der Waals surface area contributed by atoms with E-state index in [-0.39, 0.29) is 5.91 Å². The molecule has 0 aliphatic rings. The number of aromatic nitrogens is 1. The molecule has 1 aromatic carbocycles. The minimum absolute atomic E-state index is 0.366. The number of pyridine rings is 1. The summed E-state index contributed by atoms with van der Waals surface area (Å²) in [6.45, 7) is 0. The fourth-order valence-electron chi connectivity index (χ4n) is 1.91. The molecule has 22 heavy (non-hydrogen) atoms. The molecule has 0 fully saturated rings. The van der Waals surface area contributed by atoms with Crippen LogP contribution in [0.4, 0.5) is 0 Å². The molecule has 1 aromatic heterocycles. The Labute approximate surface area is 128 Å². The van der Waals surface area contributed by atoms with Gasteiger partial charge in [0.15, 0.2) is 0 Å². The number of benzene rings is 1. The second kappa shape index (κ2) is 7.90. The van der Waals surface area contributed by atoms with Gasteiger partial charge in [0.25, 0.3) is 5.91 Å². The lowest BCUT2D eigenvalue weighted by Gasteiger charge is -2.17. The molecule has 2 aromatic rings. The van der Waals surface area contributed by atoms with Gasteiger partial charge in [0, 0.05) is 18.8 Å². The highest BCUT2D eigenvalue weighted by atomic mass is 16.5. The van der Waals surface area contributed by atoms with E-state index in [0.717, 1.165) is 5.56 Å². The van der Waals surface area contributed by atoms with Crippen LogP contribution < -0.4 is 10.9 Å². The van der Waals surface area contributed by atoms with Crippen LogP contribution in [-0.2, 0) is 16.0 Å². The number of hydrogen-bond donors (Lipinski definition) is 2. The van der Waals surface area contributed by atoms with Gasteiger partial charge in [-0.15, -0.1) is 0 Å². The third kappa shape index (κ3) is 4.39. The number of nitrogens with zero attached hydrogens (tertiary/aromatic N) is 1. The quantitative estimate of drug-likeness (QED) is 0.617. The highest BCUT2D eigenvalue weighted by molar-refractivity contribution is 5.93. The molecule has 0 spiro atoms. The van der Waals surface area contributed by atoms with E-state index in [1.807, 2.05) is 30.3 Å². The number of amides is 1. The highest BCUT2D eigenvalue weighted by Gasteiger charge is 2.20. The van der Waals surface area contributed by atoms with Crippen LogP contribution in [0.3, 0.4) is 0 Å². The summed E-state index contributed by atoms with van der Waals surface area (Å²) >= 11 is 0. The van der Waals surface area contributed by atoms with Crippen molar-refractivity contribution >= 4 is 11.9 Å². The normalized spacial score (nSPS) is 11.5. The average Bonchev–Trinajstić information content (AvgIpc) is 2.59. The molecule has 1 atom stereocenters. The average molecular weight is 299 g/mol. The van der Waals surface area contributed by atoms with Crippen molar-refractivity contribution in [1.29, 1.82) is 0 Å². The molecule has 2 rings (SSSR count). The van der Waals surface area contributed by atoms with Gasteiger partial charge in [0.05, 0.1) is 12.7 Å². The second-order valence-electron chi connectivity index (χ2n) is 4.61. The Balaban J connectivity index is 1.98. The standard InChI is InChI=1S/C16H17N3O3/c1-22-16(21)14(10-12-6-3-2-4-7-12)18-19-15(20)13-8-5-9-17-11-13/h2-9,11,14,18H,10H2,1H3,(H,19,20)/t14-/m0/s1. The number of nitrogens with one attached hydrogen (secondary N) is 2. The molecular formula is C16H17N3O3. The van der Waals surface area contributed by atoms with Gasteiger partial charge in [-0.3, -0.25) is 20.0 Å². The Morgan fingerprint density at radius 1 is 1.18 bits per heavy atom. The number of rotatable bonds is 6. The molecule has 0 bridgehead atoms. The van der Waals surface area contributed by atoms with Crippen molar-refractivity contribution in [3.05, 3.63) is 66.0 Å². The van der Waals surface area contributed by atoms with E-state index >= 15 is 0 Å². The van der Waals surface area contributed by atoms with E-state index in [2.05, 4.69) is 15.8 Å². The van der Waals surface area contributed by atoms with Crippen molar-refractivity contribution in [3.63, 3.8) is 0 Å². The summed E-state index contributed by atoms with van der Waals surface area (Å²) in [5.41, 5.74) is 6.58. The van der Waals surface area contributed by atoms with Crippen LogP contribution in [0.1, 0.15) is 15.9 Å². The molecule has 0 unspecified atom stereocenters. The summed E-state index contributed by atoms with van der Waals surface area (Å²) in [5, 5.41) is 0. The fraction of sp³-hybridized carbons (Fsp3) is 0.188. The minimum atomic E-state index is -0.673. The zero-order chi connectivity index (χ0) is 15.8. The molecule has 0 saturated heterocycles. The summed E-state index contributed by atoms with van der Waals surface area (Å²) in [4.78, 5) is 27.6. The fourth-order valence-corrected chi connectivity index (χ4v) is 1.91. The Morgan fingerprint density at radius 3 is 2.59 bits per heavy atom. The first-order valence-corrected chi connectivity index (χ1v) is 6.78. The Morgan fingerprint density at radius 2 is 1.95 bits per heavy atom. The maximum Gasteiger partial charge on any atom is 0.325 e. The monoisotopic (exact) mass is 299 g/mol. The molecule has 0 aliphatic carbocycles. The number of hydrazine groups is 1. The number of esters is 1. The number of hydrogen-bond acceptors (Lipinski definition) is 5. The molecule has 1 amide bonds. The largest absolute Gasteiger partial charge is 0.468 e. The van der Waals surface area contributed by atoms with Gasteiger partial charge < -0.3 is 4.74 Å². The third-order valence-electron chi connectivity index (χ3n) is 3.05. The zero-order valence-corrected chi connectivity index (χ0v) is 12.2. The second-order valence-corrected chi connectivity index (χ2v) is 4.61. The van der Waals surface area contributed by atoms with Gasteiger partial charge >= 0.3 is 5.97 Å². The van der Waals surface area contributed by atoms with Crippen molar-refractivity contribution in [2.75, 3.05) is 7.11 Å². The van der Waals surface area contributed by atoms with E-state index in [1.54, 1.807) is 18.3 Å². The molecule has 6 heteroatoms. The predicted molar refractivity (Wildman–Crippen MR) is 80.8 cm³/mol. The maximum absolute atomic E-state index is 11.9. The maximum atomic E-state index is 11.9. The molecule has 6 nitrogen and oxygen atoms in total. The number of ether oxygens (including phenoxy) is 1. The van der Waals surface area contributed by atoms with Gasteiger partial charge in [-0.1, -0.05) is 30.3 Å². The van der Waals surface area contributed by atoms with Crippen LogP contribution in [0.25, 0.3) is 0 Å². The van der Waals surface area contributed by atoms with Crippen LogP contribution in [-0.4, -0.2) is 30.0 Å². The van der Waals surface area contributed by atoms with Gasteiger partial charge in [0.1, 0.15) is 6.04 Å². The predicted octanol–water partition coefficient (Wildman–Crippen LogP) is 1.10. The Kier molecular flexibility index (Phi) is 5.62. The zero-order valence-electron chi connectivity index (χ0n) is 12.2. The van der Waals surface area contributed by atoms with Crippen molar-refractivity contribution in [2.24, 2.45) is 0 Å². The summed E-state index contributed by atoms with van der Waals surface area (Å²) in [6, 6.07) is 12.1. The van der Waals surface area contributed by atoms with Crippen molar-refractivity contribution in [2.45, 2.75) is 12.5 Å². The molecule has 0 radical (unpaired) electrons. The topological polar surface area (TPSA) is 80.3 Å². The van der Waals surface area contributed by atoms with E-state index in [1.165, 1.54) is 13.3 Å². The number of methoxy groups -OCH3 is 1. The van der Waals surface area contributed by atoms with Crippen LogP contribution in [0, 0.1) is 0 Å². The lowest BCUT2D eigenvalue weighted by molar-refractivity contribution is -0.143. The van der Waals surface area contributed by atoms with Crippen LogP contribution in [0.5, 0.6) is 0 Å². The Bertz CT molecular complexity index is 617. The first kappa shape index (κ1) is 15.7. The van der Waals surface area contributed by atoms with Crippen molar-refractivity contribution in [3.8, 4) is 0 Å². The van der Waals surface area contributed by atoms with E-state index < -0.39 is 12.0 Å². The van der Waals surface area contributed by atoms with Gasteiger partial charge in [-0.25, -0.2) is 5.43 Å². The summed E-state index contributed by atoms with van der Waals surface area (Å²) < 4.78 is 4.76. The Hall–Kier alpha value is -2.73. The van der Waals surface area contributed by atoms with Crippen LogP contribution in [0.2, 0.25) is 0 Å². The van der Waals surface area contributed by atoms with Crippen molar-refractivity contribution < 1.29 is 14.3 Å². The van der Waals surface area contributed by atoms with Crippen LogP contribution in [0.15, 0.2) is 54.9 Å². The molecule has 114 valence electrons. The van der Waals surface area contributed by atoms with E-state index in [0.29, 0.717) is 12.0 Å². The van der Waals surface area contributed by atoms with Gasteiger partial charge in [-0.2, -0.15) is 0 Å². The lowest BCUT2D eigenvalue weighted by Crippen LogP contribution is -2.49. The number of carbonyl (C=O) groups is 2. The molecular weight excluding hydrogens is 282 g/mol. The van der Waals surface area contributed by atoms with Gasteiger partial charge in [0.2, 0.25) is 0 Å². The lowest BCUT2D eigenvalue weighted by atomic mass is 10.1. The molecule has 0 saturated carbocycles. The minimum Gasteiger partial charge on any atom is -0.468 e. The summed E-state index contributed by atoms with van der Waals surface area (Å²) in [6.07, 6.45) is 3.43. The molecule has 1 heterocycles. The smallest absolute Gasteiger partial charge is 0.325 e. The SMILES string of the molecule is COC(=O)[C@H](Cc1ccccc1)NNC(=O)c1cccnc1. The summed E-state index contributed by atoms with van der Waals surface area (Å²) in [7, 11) is 1.31. The summed E-state index contributed by atoms with van der Waals surface area (Å²) in [5.74, 6) is -0.814. The number of carbonyl (C=O) groups excluding carboxylic acids is 2. The van der Waals surface area contributed by atoms with Gasteiger partial charge in [-0.05, 0) is 17.7 Å².